The third-order valence-electron chi connectivity index (χ3n) is 10.2. The predicted octanol–water partition coefficient (Wildman–Crippen LogP) is 0.824. The van der Waals surface area contributed by atoms with E-state index in [1.165, 1.54) is 6.92 Å². The first-order chi connectivity index (χ1) is 33.0. The maximum absolute atomic E-state index is 14.4. The van der Waals surface area contributed by atoms with E-state index < -0.39 is 96.2 Å². The summed E-state index contributed by atoms with van der Waals surface area (Å²) >= 11 is 0. The number of ether oxygens (including phenoxy) is 3. The second-order valence-corrected chi connectivity index (χ2v) is 15.7. The average Bonchev–Trinajstić information content (AvgIpc) is 3.33. The number of benzene rings is 4. The zero-order chi connectivity index (χ0) is 50.3. The van der Waals surface area contributed by atoms with E-state index in [2.05, 4.69) is 26.7 Å². The molecule has 4 rings (SSSR count). The molecule has 0 fully saturated rings. The maximum atomic E-state index is 14.4. The van der Waals surface area contributed by atoms with Gasteiger partial charge in [-0.1, -0.05) is 103 Å². The fraction of sp³-hybridized carbons (Fsp3) is 0.312. The minimum atomic E-state index is -1.87. The fourth-order valence-corrected chi connectivity index (χ4v) is 6.60. The highest BCUT2D eigenvalue weighted by atomic mass is 16.6. The molecule has 0 aromatic heterocycles. The molecule has 21 heteroatoms. The Morgan fingerprint density at radius 2 is 1.17 bits per heavy atom. The van der Waals surface area contributed by atoms with Crippen molar-refractivity contribution < 1.29 is 62.5 Å². The molecular formula is C48H56N8O13. The molecule has 0 spiro atoms. The number of carboxylic acids is 1. The van der Waals surface area contributed by atoms with Gasteiger partial charge in [-0.15, -0.1) is 0 Å². The van der Waals surface area contributed by atoms with Crippen LogP contribution in [0, 0.1) is 5.92 Å². The molecule has 21 nitrogen and oxygen atoms in total. The Morgan fingerprint density at radius 3 is 1.74 bits per heavy atom. The summed E-state index contributed by atoms with van der Waals surface area (Å²) in [5, 5.41) is 20.2. The van der Waals surface area contributed by atoms with Crippen LogP contribution in [0.3, 0.4) is 0 Å². The second kappa shape index (κ2) is 27.3. The lowest BCUT2D eigenvalue weighted by molar-refractivity contribution is -0.150. The normalized spacial score (nSPS) is 13.3. The monoisotopic (exact) mass is 952 g/mol. The van der Waals surface area contributed by atoms with E-state index in [1.807, 2.05) is 35.8 Å². The number of esters is 1. The molecule has 11 N–H and O–H groups in total. The SMILES string of the molecule is CC(=O)O[C@H](C)[C@H](NC(=O)[C@H](Cc1ccc(OCc2ccccc2)cc1)NC(=O)[C@@H](NC(=O)[C@@H](N)CCC(N)=O)C(Cc1ccccc1)C(=O)O)C(=O)NCC(=O)NNC(=O)OCc1ccccc1. The summed E-state index contributed by atoms with van der Waals surface area (Å²) in [4.78, 5) is 117. The molecule has 0 heterocycles. The second-order valence-electron chi connectivity index (χ2n) is 15.7. The highest BCUT2D eigenvalue weighted by Gasteiger charge is 2.39. The molecule has 366 valence electrons. The van der Waals surface area contributed by atoms with Crippen molar-refractivity contribution >= 4 is 53.5 Å². The Kier molecular flexibility index (Phi) is 21.1. The van der Waals surface area contributed by atoms with Gasteiger partial charge >= 0.3 is 18.0 Å². The molecule has 4 aromatic rings. The van der Waals surface area contributed by atoms with Gasteiger partial charge in [0.25, 0.3) is 5.91 Å². The summed E-state index contributed by atoms with van der Waals surface area (Å²) in [6, 6.07) is 26.1. The van der Waals surface area contributed by atoms with Crippen molar-refractivity contribution in [3.05, 3.63) is 138 Å². The third-order valence-corrected chi connectivity index (χ3v) is 10.2. The summed E-state index contributed by atoms with van der Waals surface area (Å²) in [5.74, 6) is -9.39. The van der Waals surface area contributed by atoms with Crippen LogP contribution in [0.15, 0.2) is 115 Å². The molecule has 7 amide bonds. The number of aliphatic carboxylic acids is 1. The highest BCUT2D eigenvalue weighted by Crippen LogP contribution is 2.18. The van der Waals surface area contributed by atoms with Crippen molar-refractivity contribution in [2.24, 2.45) is 17.4 Å². The zero-order valence-corrected chi connectivity index (χ0v) is 37.9. The van der Waals surface area contributed by atoms with Crippen LogP contribution in [0.25, 0.3) is 0 Å². The van der Waals surface area contributed by atoms with Crippen LogP contribution in [-0.2, 0) is 73.9 Å². The van der Waals surface area contributed by atoms with Gasteiger partial charge in [0.2, 0.25) is 29.5 Å². The standard InChI is InChI=1S/C48H56N8O13/c1-29(69-30(2)57)41(45(62)51-26-40(59)55-56-48(66)68-28-34-16-10-5-11-17-34)53-44(61)38(25-32-18-20-35(21-19-32)67-27-33-14-8-4-9-15-33)52-46(63)42(54-43(60)37(49)22-23-39(50)58)36(47(64)65)24-31-12-6-3-7-13-31/h3-21,29,36-38,41-42H,22-28,49H2,1-2H3,(H2,50,58)(H,51,62)(H,52,63)(H,53,61)(H,54,60)(H,55,59)(H,56,66)(H,64,65)/t29-,36?,37+,38+,41+,42+/m1/s1. The number of nitrogens with two attached hydrogens (primary N) is 2. The number of hydrogen-bond donors (Lipinski definition) is 9. The lowest BCUT2D eigenvalue weighted by Gasteiger charge is -2.29. The number of nitrogens with one attached hydrogen (secondary N) is 6. The Morgan fingerprint density at radius 1 is 0.623 bits per heavy atom. The number of amides is 7. The summed E-state index contributed by atoms with van der Waals surface area (Å²) in [6.07, 6.45) is -3.47. The Labute approximate surface area is 397 Å². The van der Waals surface area contributed by atoms with E-state index in [0.29, 0.717) is 22.4 Å². The van der Waals surface area contributed by atoms with Crippen molar-refractivity contribution in [3.63, 3.8) is 0 Å². The Bertz CT molecular complexity index is 2370. The quantitative estimate of drug-likeness (QED) is 0.0328. The summed E-state index contributed by atoms with van der Waals surface area (Å²) < 4.78 is 16.2. The molecular weight excluding hydrogens is 897 g/mol. The van der Waals surface area contributed by atoms with Crippen LogP contribution in [-0.4, -0.2) is 95.4 Å². The largest absolute Gasteiger partial charge is 0.489 e. The van der Waals surface area contributed by atoms with Crippen molar-refractivity contribution in [3.8, 4) is 5.75 Å². The lowest BCUT2D eigenvalue weighted by Crippen LogP contribution is -2.62. The summed E-state index contributed by atoms with van der Waals surface area (Å²) in [6.45, 7) is 1.74. The van der Waals surface area contributed by atoms with Crippen LogP contribution < -0.4 is 48.3 Å². The van der Waals surface area contributed by atoms with E-state index in [9.17, 15) is 48.3 Å². The predicted molar refractivity (Wildman–Crippen MR) is 247 cm³/mol. The van der Waals surface area contributed by atoms with Gasteiger partial charge in [-0.25, -0.2) is 10.2 Å². The van der Waals surface area contributed by atoms with Crippen LogP contribution in [0.5, 0.6) is 5.75 Å². The van der Waals surface area contributed by atoms with Gasteiger partial charge in [0, 0.05) is 19.8 Å². The van der Waals surface area contributed by atoms with E-state index in [-0.39, 0.29) is 38.9 Å². The van der Waals surface area contributed by atoms with Gasteiger partial charge in [-0.2, -0.15) is 0 Å². The number of primary amides is 1. The van der Waals surface area contributed by atoms with Gasteiger partial charge in [0.05, 0.1) is 18.5 Å². The third kappa shape index (κ3) is 18.8. The lowest BCUT2D eigenvalue weighted by atomic mass is 9.90. The van der Waals surface area contributed by atoms with Crippen LogP contribution in [0.1, 0.15) is 48.9 Å². The number of hydrogen-bond acceptors (Lipinski definition) is 13. The van der Waals surface area contributed by atoms with Gasteiger partial charge in [0.1, 0.15) is 43.2 Å². The molecule has 0 aliphatic heterocycles. The number of carbonyl (C=O) groups is 9. The summed E-state index contributed by atoms with van der Waals surface area (Å²) in [5.41, 5.74) is 17.9. The van der Waals surface area contributed by atoms with Gasteiger partial charge < -0.3 is 52.1 Å². The zero-order valence-electron chi connectivity index (χ0n) is 37.9. The smallest absolute Gasteiger partial charge is 0.426 e. The number of rotatable bonds is 25. The van der Waals surface area contributed by atoms with Crippen LogP contribution >= 0.6 is 0 Å². The molecule has 0 radical (unpaired) electrons. The Balaban J connectivity index is 1.59. The first-order valence-corrected chi connectivity index (χ1v) is 21.7. The first kappa shape index (κ1) is 53.3. The highest BCUT2D eigenvalue weighted by molar-refractivity contribution is 5.97. The first-order valence-electron chi connectivity index (χ1n) is 21.7. The minimum Gasteiger partial charge on any atom is -0.489 e. The number of carboxylic acid groups (broad SMARTS) is 1. The van der Waals surface area contributed by atoms with Gasteiger partial charge in [-0.05, 0) is 54.2 Å². The summed E-state index contributed by atoms with van der Waals surface area (Å²) in [7, 11) is 0. The van der Waals surface area contributed by atoms with Crippen LogP contribution in [0.2, 0.25) is 0 Å². The minimum absolute atomic E-state index is 0.0969. The molecule has 0 aliphatic rings. The Hall–Kier alpha value is -8.33. The van der Waals surface area contributed by atoms with E-state index in [1.54, 1.807) is 84.9 Å². The molecule has 0 aliphatic carbocycles. The maximum Gasteiger partial charge on any atom is 0.426 e. The van der Waals surface area contributed by atoms with Crippen molar-refractivity contribution in [2.75, 3.05) is 6.54 Å². The van der Waals surface area contributed by atoms with Crippen molar-refractivity contribution in [2.45, 2.75) is 83.0 Å². The molecule has 69 heavy (non-hydrogen) atoms. The number of carbonyl (C=O) groups excluding carboxylic acids is 8. The molecule has 0 bridgehead atoms. The number of hydrazine groups is 1. The molecule has 4 aromatic carbocycles. The molecule has 1 unspecified atom stereocenters. The van der Waals surface area contributed by atoms with E-state index in [4.69, 9.17) is 25.7 Å². The van der Waals surface area contributed by atoms with E-state index >= 15 is 0 Å². The van der Waals surface area contributed by atoms with E-state index in [0.717, 1.165) is 12.5 Å². The van der Waals surface area contributed by atoms with Gasteiger partial charge in [0.15, 0.2) is 0 Å². The van der Waals surface area contributed by atoms with Gasteiger partial charge in [-0.3, -0.25) is 43.8 Å². The fourth-order valence-electron chi connectivity index (χ4n) is 6.60. The molecule has 0 saturated carbocycles. The van der Waals surface area contributed by atoms with Crippen LogP contribution in [0.4, 0.5) is 4.79 Å². The molecule has 6 atom stereocenters. The topological polar surface area (TPSA) is 326 Å². The average molecular weight is 953 g/mol. The van der Waals surface area contributed by atoms with Crippen molar-refractivity contribution in [1.82, 2.24) is 32.1 Å². The van der Waals surface area contributed by atoms with Crippen molar-refractivity contribution in [1.29, 1.82) is 0 Å². The molecule has 0 saturated heterocycles.